The van der Waals surface area contributed by atoms with E-state index in [9.17, 15) is 14.4 Å². The van der Waals surface area contributed by atoms with Gasteiger partial charge in [-0.2, -0.15) is 0 Å². The number of ketones is 1. The third-order valence-corrected chi connectivity index (χ3v) is 2.06. The Morgan fingerprint density at radius 2 is 1.29 bits per heavy atom. The minimum absolute atomic E-state index is 0.0256. The van der Waals surface area contributed by atoms with Crippen molar-refractivity contribution in [2.24, 2.45) is 0 Å². The van der Waals surface area contributed by atoms with Crippen molar-refractivity contribution in [2.45, 2.75) is 46.0 Å². The molecule has 0 bridgehead atoms. The highest BCUT2D eigenvalue weighted by atomic mass is 16.5. The van der Waals surface area contributed by atoms with Crippen molar-refractivity contribution in [2.75, 3.05) is 13.2 Å². The van der Waals surface area contributed by atoms with Crippen LogP contribution in [-0.4, -0.2) is 30.9 Å². The summed E-state index contributed by atoms with van der Waals surface area (Å²) in [6.45, 7) is 4.15. The van der Waals surface area contributed by atoms with E-state index in [-0.39, 0.29) is 37.0 Å². The first-order chi connectivity index (χ1) is 8.10. The van der Waals surface area contributed by atoms with E-state index in [2.05, 4.69) is 0 Å². The molecule has 0 aliphatic carbocycles. The second kappa shape index (κ2) is 9.81. The number of hydrogen-bond acceptors (Lipinski definition) is 5. The molecule has 0 heterocycles. The molecular weight excluding hydrogens is 224 g/mol. The number of hydrogen-bond donors (Lipinski definition) is 0. The Kier molecular flexibility index (Phi) is 9.01. The maximum atomic E-state index is 11.3. The van der Waals surface area contributed by atoms with Crippen molar-refractivity contribution in [3.8, 4) is 0 Å². The van der Waals surface area contributed by atoms with Gasteiger partial charge in [-0.05, 0) is 20.3 Å². The minimum Gasteiger partial charge on any atom is -0.466 e. The summed E-state index contributed by atoms with van der Waals surface area (Å²) in [5, 5.41) is 0. The van der Waals surface area contributed by atoms with E-state index in [0.717, 1.165) is 0 Å². The summed E-state index contributed by atoms with van der Waals surface area (Å²) in [6, 6.07) is 0. The Balaban J connectivity index is 3.53. The van der Waals surface area contributed by atoms with Crippen LogP contribution in [-0.2, 0) is 23.9 Å². The fraction of sp³-hybridized carbons (Fsp3) is 0.750. The molecule has 5 nitrogen and oxygen atoms in total. The van der Waals surface area contributed by atoms with Gasteiger partial charge in [-0.3, -0.25) is 14.4 Å². The Morgan fingerprint density at radius 3 is 1.82 bits per heavy atom. The van der Waals surface area contributed by atoms with Crippen LogP contribution in [0.2, 0.25) is 0 Å². The molecule has 0 aromatic carbocycles. The Bertz CT molecular complexity index is 260. The molecule has 0 rings (SSSR count). The van der Waals surface area contributed by atoms with E-state index in [4.69, 9.17) is 9.47 Å². The zero-order chi connectivity index (χ0) is 13.1. The average Bonchev–Trinajstić information content (AvgIpc) is 2.27. The summed E-state index contributed by atoms with van der Waals surface area (Å²) in [5.41, 5.74) is 0. The molecular formula is C12H20O5. The molecule has 17 heavy (non-hydrogen) atoms. The normalized spacial score (nSPS) is 9.76. The van der Waals surface area contributed by atoms with E-state index in [1.165, 1.54) is 0 Å². The Hall–Kier alpha value is -1.39. The SMILES string of the molecule is CCOC(=O)CCCC(=O)CCC(=O)OCC. The maximum absolute atomic E-state index is 11.3. The molecule has 5 heteroatoms. The highest BCUT2D eigenvalue weighted by Gasteiger charge is 2.09. The molecule has 0 N–H and O–H groups in total. The van der Waals surface area contributed by atoms with Crippen LogP contribution in [0.15, 0.2) is 0 Å². The van der Waals surface area contributed by atoms with Crippen molar-refractivity contribution in [3.05, 3.63) is 0 Å². The van der Waals surface area contributed by atoms with Crippen LogP contribution in [0.5, 0.6) is 0 Å². The Labute approximate surface area is 101 Å². The first-order valence-corrected chi connectivity index (χ1v) is 5.93. The van der Waals surface area contributed by atoms with Crippen molar-refractivity contribution in [1.29, 1.82) is 0 Å². The van der Waals surface area contributed by atoms with Crippen LogP contribution in [0, 0.1) is 0 Å². The topological polar surface area (TPSA) is 69.7 Å². The lowest BCUT2D eigenvalue weighted by atomic mass is 10.1. The van der Waals surface area contributed by atoms with E-state index >= 15 is 0 Å². The van der Waals surface area contributed by atoms with Crippen molar-refractivity contribution in [3.63, 3.8) is 0 Å². The van der Waals surface area contributed by atoms with Crippen LogP contribution >= 0.6 is 0 Å². The van der Waals surface area contributed by atoms with Gasteiger partial charge in [0.1, 0.15) is 5.78 Å². The first-order valence-electron chi connectivity index (χ1n) is 5.93. The van der Waals surface area contributed by atoms with E-state index < -0.39 is 0 Å². The van der Waals surface area contributed by atoms with Crippen molar-refractivity contribution < 1.29 is 23.9 Å². The van der Waals surface area contributed by atoms with Crippen LogP contribution in [0.1, 0.15) is 46.0 Å². The molecule has 98 valence electrons. The molecule has 0 saturated carbocycles. The smallest absolute Gasteiger partial charge is 0.306 e. The molecule has 0 radical (unpaired) electrons. The van der Waals surface area contributed by atoms with Gasteiger partial charge in [0.05, 0.1) is 19.6 Å². The second-order valence-corrected chi connectivity index (χ2v) is 3.50. The number of ether oxygens (including phenoxy) is 2. The summed E-state index contributed by atoms with van der Waals surface area (Å²) < 4.78 is 9.43. The fourth-order valence-electron chi connectivity index (χ4n) is 1.26. The molecule has 0 aromatic heterocycles. The predicted octanol–water partition coefficient (Wildman–Crippen LogP) is 1.63. The third kappa shape index (κ3) is 9.53. The zero-order valence-corrected chi connectivity index (χ0v) is 10.5. The molecule has 0 spiro atoms. The molecule has 0 aliphatic heterocycles. The van der Waals surface area contributed by atoms with Crippen LogP contribution < -0.4 is 0 Å². The summed E-state index contributed by atoms with van der Waals surface area (Å²) >= 11 is 0. The van der Waals surface area contributed by atoms with Gasteiger partial charge in [0.25, 0.3) is 0 Å². The molecule has 0 aliphatic rings. The van der Waals surface area contributed by atoms with Gasteiger partial charge in [-0.25, -0.2) is 0 Å². The molecule has 0 fully saturated rings. The van der Waals surface area contributed by atoms with E-state index in [0.29, 0.717) is 26.1 Å². The van der Waals surface area contributed by atoms with Gasteiger partial charge >= 0.3 is 11.9 Å². The largest absolute Gasteiger partial charge is 0.466 e. The van der Waals surface area contributed by atoms with Crippen molar-refractivity contribution >= 4 is 17.7 Å². The minimum atomic E-state index is -0.355. The zero-order valence-electron chi connectivity index (χ0n) is 10.5. The molecule has 0 unspecified atom stereocenters. The summed E-state index contributed by atoms with van der Waals surface area (Å²) in [6.07, 6.45) is 1.32. The number of esters is 2. The summed E-state index contributed by atoms with van der Waals surface area (Å²) in [7, 11) is 0. The van der Waals surface area contributed by atoms with Gasteiger partial charge in [0, 0.05) is 19.3 Å². The van der Waals surface area contributed by atoms with Gasteiger partial charge in [0.15, 0.2) is 0 Å². The highest BCUT2D eigenvalue weighted by molar-refractivity contribution is 5.83. The molecule has 0 saturated heterocycles. The molecule has 0 aromatic rings. The quantitative estimate of drug-likeness (QED) is 0.576. The molecule has 0 amide bonds. The van der Waals surface area contributed by atoms with Crippen LogP contribution in [0.3, 0.4) is 0 Å². The van der Waals surface area contributed by atoms with Gasteiger partial charge < -0.3 is 9.47 Å². The predicted molar refractivity (Wildman–Crippen MR) is 61.4 cm³/mol. The summed E-state index contributed by atoms with van der Waals surface area (Å²) in [5.74, 6) is -0.667. The van der Waals surface area contributed by atoms with Gasteiger partial charge in [0.2, 0.25) is 0 Å². The fourth-order valence-corrected chi connectivity index (χ4v) is 1.26. The average molecular weight is 244 g/mol. The van der Waals surface area contributed by atoms with Crippen molar-refractivity contribution in [1.82, 2.24) is 0 Å². The highest BCUT2D eigenvalue weighted by Crippen LogP contribution is 2.03. The molecule has 0 atom stereocenters. The lowest BCUT2D eigenvalue weighted by molar-refractivity contribution is -0.145. The van der Waals surface area contributed by atoms with Crippen LogP contribution in [0.25, 0.3) is 0 Å². The lowest BCUT2D eigenvalue weighted by Crippen LogP contribution is -2.09. The van der Waals surface area contributed by atoms with E-state index in [1.807, 2.05) is 0 Å². The standard InChI is InChI=1S/C12H20O5/c1-3-16-11(14)7-5-6-10(13)8-9-12(15)17-4-2/h3-9H2,1-2H3. The first kappa shape index (κ1) is 15.6. The summed E-state index contributed by atoms with van der Waals surface area (Å²) in [4.78, 5) is 33.3. The maximum Gasteiger partial charge on any atom is 0.306 e. The third-order valence-electron chi connectivity index (χ3n) is 2.06. The number of carbonyl (C=O) groups excluding carboxylic acids is 3. The lowest BCUT2D eigenvalue weighted by Gasteiger charge is -2.02. The van der Waals surface area contributed by atoms with Gasteiger partial charge in [-0.1, -0.05) is 0 Å². The monoisotopic (exact) mass is 244 g/mol. The number of carbonyl (C=O) groups is 3. The van der Waals surface area contributed by atoms with Gasteiger partial charge in [-0.15, -0.1) is 0 Å². The Morgan fingerprint density at radius 1 is 0.765 bits per heavy atom. The van der Waals surface area contributed by atoms with Crippen LogP contribution in [0.4, 0.5) is 0 Å². The number of rotatable bonds is 9. The second-order valence-electron chi connectivity index (χ2n) is 3.50. The van der Waals surface area contributed by atoms with E-state index in [1.54, 1.807) is 13.8 Å². The number of Topliss-reactive ketones (excluding diaryl/α,β-unsaturated/α-hetero) is 1.